The van der Waals surface area contributed by atoms with E-state index in [2.05, 4.69) is 20.8 Å². The Morgan fingerprint density at radius 1 is 1.53 bits per heavy atom. The lowest BCUT2D eigenvalue weighted by atomic mass is 10.1. The number of halogens is 1. The summed E-state index contributed by atoms with van der Waals surface area (Å²) in [5.74, 6) is 0.970. The summed E-state index contributed by atoms with van der Waals surface area (Å²) in [6.45, 7) is 3.57. The second-order valence-electron chi connectivity index (χ2n) is 3.57. The topological polar surface area (TPSA) is 69.0 Å². The molecule has 0 fully saturated rings. The van der Waals surface area contributed by atoms with E-state index in [1.165, 1.54) is 0 Å². The molecule has 0 atom stereocenters. The van der Waals surface area contributed by atoms with E-state index in [0.29, 0.717) is 5.96 Å². The summed E-state index contributed by atoms with van der Waals surface area (Å²) < 4.78 is 0. The predicted molar refractivity (Wildman–Crippen MR) is 71.1 cm³/mol. The third kappa shape index (κ3) is 3.64. The van der Waals surface area contributed by atoms with Gasteiger partial charge in [0.25, 0.3) is 0 Å². The van der Waals surface area contributed by atoms with Crippen molar-refractivity contribution < 1.29 is 5.11 Å². The van der Waals surface area contributed by atoms with Gasteiger partial charge in [-0.05, 0) is 36.2 Å². The van der Waals surface area contributed by atoms with Crippen molar-refractivity contribution >= 4 is 24.6 Å². The normalized spacial score (nSPS) is 14.1. The molecule has 0 aliphatic carbocycles. The van der Waals surface area contributed by atoms with Crippen LogP contribution in [0.3, 0.4) is 0 Å². The van der Waals surface area contributed by atoms with E-state index in [9.17, 15) is 5.11 Å². The number of guanidine groups is 1. The Kier molecular flexibility index (Phi) is 4.78. The molecule has 3 N–H and O–H groups in total. The Bertz CT molecular complexity index is 445. The summed E-state index contributed by atoms with van der Waals surface area (Å²) in [5.41, 5.74) is 4.76. The van der Waals surface area contributed by atoms with E-state index in [0.717, 1.165) is 24.2 Å². The molecule has 1 aromatic rings. The fraction of sp³-hybridized carbons (Fsp3) is 0.273. The van der Waals surface area contributed by atoms with Crippen molar-refractivity contribution in [2.45, 2.75) is 6.92 Å². The van der Waals surface area contributed by atoms with Gasteiger partial charge in [0.05, 0.1) is 12.8 Å². The summed E-state index contributed by atoms with van der Waals surface area (Å²) >= 11 is 0. The molecule has 1 aromatic carbocycles. The average Bonchev–Trinajstić information content (AvgIpc) is 2.74. The van der Waals surface area contributed by atoms with Crippen molar-refractivity contribution in [1.82, 2.24) is 10.7 Å². The minimum Gasteiger partial charge on any atom is -0.508 e. The van der Waals surface area contributed by atoms with Gasteiger partial charge in [-0.2, -0.15) is 5.10 Å². The minimum atomic E-state index is 0. The molecular weight excluding hydrogens is 240 g/mol. The molecule has 5 nitrogen and oxygen atoms in total. The van der Waals surface area contributed by atoms with Crippen LogP contribution in [-0.2, 0) is 0 Å². The number of hydrogen-bond acceptors (Lipinski definition) is 5. The zero-order chi connectivity index (χ0) is 11.4. The number of aryl methyl sites for hydroxylation is 1. The Morgan fingerprint density at radius 3 is 3.00 bits per heavy atom. The Hall–Kier alpha value is -1.75. The van der Waals surface area contributed by atoms with Crippen molar-refractivity contribution in [1.29, 1.82) is 0 Å². The van der Waals surface area contributed by atoms with Gasteiger partial charge in [0.1, 0.15) is 5.75 Å². The number of phenolic OH excluding ortho intramolecular Hbond substituents is 1. The van der Waals surface area contributed by atoms with Crippen LogP contribution < -0.4 is 10.7 Å². The highest BCUT2D eigenvalue weighted by Crippen LogP contribution is 2.13. The van der Waals surface area contributed by atoms with E-state index >= 15 is 0 Å². The van der Waals surface area contributed by atoms with Crippen molar-refractivity contribution in [3.05, 3.63) is 29.3 Å². The summed E-state index contributed by atoms with van der Waals surface area (Å²) in [6.07, 6.45) is 1.71. The number of hydrogen-bond donors (Lipinski definition) is 3. The third-order valence-corrected chi connectivity index (χ3v) is 2.30. The van der Waals surface area contributed by atoms with E-state index in [1.807, 2.05) is 13.0 Å². The number of aromatic hydroxyl groups is 1. The van der Waals surface area contributed by atoms with E-state index in [-0.39, 0.29) is 18.2 Å². The lowest BCUT2D eigenvalue weighted by molar-refractivity contribution is 0.475. The van der Waals surface area contributed by atoms with Crippen LogP contribution in [0.5, 0.6) is 5.75 Å². The van der Waals surface area contributed by atoms with Gasteiger partial charge in [0, 0.05) is 6.54 Å². The lowest BCUT2D eigenvalue weighted by Gasteiger charge is -2.01. The first-order valence-electron chi connectivity index (χ1n) is 5.13. The quantitative estimate of drug-likeness (QED) is 0.545. The second-order valence-corrected chi connectivity index (χ2v) is 3.57. The van der Waals surface area contributed by atoms with Gasteiger partial charge in [-0.15, -0.1) is 12.4 Å². The summed E-state index contributed by atoms with van der Waals surface area (Å²) in [4.78, 5) is 4.14. The number of nitrogens with zero attached hydrogens (tertiary/aromatic N) is 2. The fourth-order valence-corrected chi connectivity index (χ4v) is 1.44. The number of phenols is 1. The van der Waals surface area contributed by atoms with E-state index in [1.54, 1.807) is 18.3 Å². The number of nitrogens with one attached hydrogen (secondary N) is 2. The van der Waals surface area contributed by atoms with Crippen molar-refractivity contribution in [2.24, 2.45) is 10.1 Å². The van der Waals surface area contributed by atoms with Crippen LogP contribution in [0.2, 0.25) is 0 Å². The number of aliphatic imine (C=N–C) groups is 1. The summed E-state index contributed by atoms with van der Waals surface area (Å²) in [5, 5.41) is 16.4. The first-order chi connectivity index (χ1) is 7.75. The molecule has 17 heavy (non-hydrogen) atoms. The number of benzene rings is 1. The molecule has 0 amide bonds. The van der Waals surface area contributed by atoms with Gasteiger partial charge < -0.3 is 10.4 Å². The molecule has 6 heteroatoms. The smallest absolute Gasteiger partial charge is 0.212 e. The molecule has 2 rings (SSSR count). The zero-order valence-electron chi connectivity index (χ0n) is 9.47. The van der Waals surface area contributed by atoms with Crippen LogP contribution in [0.1, 0.15) is 11.1 Å². The highest BCUT2D eigenvalue weighted by molar-refractivity contribution is 5.86. The van der Waals surface area contributed by atoms with Crippen molar-refractivity contribution in [2.75, 3.05) is 13.1 Å². The Balaban J connectivity index is 0.00000144. The van der Waals surface area contributed by atoms with Crippen LogP contribution in [0.4, 0.5) is 0 Å². The maximum Gasteiger partial charge on any atom is 0.212 e. The van der Waals surface area contributed by atoms with Gasteiger partial charge >= 0.3 is 0 Å². The molecule has 1 heterocycles. The third-order valence-electron chi connectivity index (χ3n) is 2.30. The average molecular weight is 255 g/mol. The molecule has 0 saturated carbocycles. The maximum atomic E-state index is 9.25. The van der Waals surface area contributed by atoms with Gasteiger partial charge in [0.2, 0.25) is 5.96 Å². The summed E-state index contributed by atoms with van der Waals surface area (Å²) in [7, 11) is 0. The van der Waals surface area contributed by atoms with Gasteiger partial charge in [0.15, 0.2) is 0 Å². The monoisotopic (exact) mass is 254 g/mol. The van der Waals surface area contributed by atoms with Crippen LogP contribution in [-0.4, -0.2) is 30.4 Å². The molecule has 0 spiro atoms. The Morgan fingerprint density at radius 2 is 2.35 bits per heavy atom. The highest BCUT2D eigenvalue weighted by Gasteiger charge is 2.01. The highest BCUT2D eigenvalue weighted by atomic mass is 35.5. The van der Waals surface area contributed by atoms with Crippen LogP contribution in [0, 0.1) is 6.92 Å². The molecule has 0 saturated heterocycles. The number of hydrazone groups is 1. The second kappa shape index (κ2) is 6.10. The minimum absolute atomic E-state index is 0. The molecular formula is C11H15ClN4O. The molecule has 0 radical (unpaired) electrons. The van der Waals surface area contributed by atoms with E-state index in [4.69, 9.17) is 0 Å². The van der Waals surface area contributed by atoms with E-state index < -0.39 is 0 Å². The van der Waals surface area contributed by atoms with Crippen molar-refractivity contribution in [3.8, 4) is 5.75 Å². The van der Waals surface area contributed by atoms with Gasteiger partial charge in [-0.25, -0.2) is 10.4 Å². The zero-order valence-corrected chi connectivity index (χ0v) is 10.3. The summed E-state index contributed by atoms with van der Waals surface area (Å²) in [6, 6.07) is 5.16. The largest absolute Gasteiger partial charge is 0.508 e. The van der Waals surface area contributed by atoms with Crippen LogP contribution >= 0.6 is 12.4 Å². The molecule has 92 valence electrons. The lowest BCUT2D eigenvalue weighted by Crippen LogP contribution is -2.30. The first-order valence-corrected chi connectivity index (χ1v) is 5.13. The number of rotatable bonds is 2. The molecule has 0 unspecified atom stereocenters. The molecule has 1 aliphatic heterocycles. The van der Waals surface area contributed by atoms with Gasteiger partial charge in [-0.3, -0.25) is 0 Å². The van der Waals surface area contributed by atoms with Crippen LogP contribution in [0.15, 0.2) is 28.3 Å². The first kappa shape index (κ1) is 13.3. The molecule has 0 aromatic heterocycles. The van der Waals surface area contributed by atoms with Gasteiger partial charge in [-0.1, -0.05) is 0 Å². The fourth-order valence-electron chi connectivity index (χ4n) is 1.44. The molecule has 0 bridgehead atoms. The van der Waals surface area contributed by atoms with Crippen molar-refractivity contribution in [3.63, 3.8) is 0 Å². The Labute approximate surface area is 106 Å². The molecule has 1 aliphatic rings. The predicted octanol–water partition coefficient (Wildman–Crippen LogP) is 1.01. The van der Waals surface area contributed by atoms with Crippen LogP contribution in [0.25, 0.3) is 0 Å². The SMILES string of the molecule is Cc1cc(O)ccc1/C=N/NC1=NCCN1.Cl. The standard InChI is InChI=1S/C11H14N4O.ClH/c1-8-6-10(16)3-2-9(8)7-14-15-11-12-4-5-13-11;/h2-3,6-7,16H,4-5H2,1H3,(H2,12,13,15);1H/b14-7+;. The maximum absolute atomic E-state index is 9.25.